The summed E-state index contributed by atoms with van der Waals surface area (Å²) < 4.78 is 5.51. The molecule has 0 aromatic carbocycles. The van der Waals surface area contributed by atoms with Crippen LogP contribution >= 0.6 is 0 Å². The summed E-state index contributed by atoms with van der Waals surface area (Å²) in [6.07, 6.45) is 4.70. The molecule has 2 rings (SSSR count). The first-order valence-corrected chi connectivity index (χ1v) is 9.27. The van der Waals surface area contributed by atoms with Crippen molar-refractivity contribution < 1.29 is 9.53 Å². The van der Waals surface area contributed by atoms with Gasteiger partial charge in [0, 0.05) is 19.1 Å². The summed E-state index contributed by atoms with van der Waals surface area (Å²) in [5.41, 5.74) is 0.0549. The molecule has 1 amide bonds. The van der Waals surface area contributed by atoms with Crippen LogP contribution in [0.5, 0.6) is 0 Å². The molecule has 1 saturated carbocycles. The lowest BCUT2D eigenvalue weighted by Crippen LogP contribution is -2.46. The second kappa shape index (κ2) is 7.00. The maximum absolute atomic E-state index is 12.2. The van der Waals surface area contributed by atoms with Crippen molar-refractivity contribution in [2.75, 3.05) is 19.6 Å². The van der Waals surface area contributed by atoms with Gasteiger partial charge in [-0.1, -0.05) is 20.8 Å². The smallest absolute Gasteiger partial charge is 0.410 e. The highest BCUT2D eigenvalue weighted by Gasteiger charge is 2.37. The molecular formula is C19H36N2O2. The van der Waals surface area contributed by atoms with Gasteiger partial charge in [0.25, 0.3) is 0 Å². The average Bonchev–Trinajstić information content (AvgIpc) is 2.67. The molecule has 3 atom stereocenters. The Morgan fingerprint density at radius 1 is 1.30 bits per heavy atom. The lowest BCUT2D eigenvalue weighted by molar-refractivity contribution is 0.0165. The highest BCUT2D eigenvalue weighted by atomic mass is 16.6. The van der Waals surface area contributed by atoms with Crippen molar-refractivity contribution >= 4 is 6.09 Å². The quantitative estimate of drug-likeness (QED) is 0.851. The molecule has 1 N–H and O–H groups in total. The fourth-order valence-electron chi connectivity index (χ4n) is 4.21. The molecule has 0 spiro atoms. The van der Waals surface area contributed by atoms with E-state index in [9.17, 15) is 4.79 Å². The van der Waals surface area contributed by atoms with Crippen LogP contribution in [0.3, 0.4) is 0 Å². The minimum absolute atomic E-state index is 0.155. The fraction of sp³-hybridized carbons (Fsp3) is 0.947. The first-order chi connectivity index (χ1) is 10.6. The van der Waals surface area contributed by atoms with E-state index in [2.05, 4.69) is 26.1 Å². The number of nitrogens with one attached hydrogen (secondary N) is 1. The first-order valence-electron chi connectivity index (χ1n) is 9.27. The van der Waals surface area contributed by atoms with Gasteiger partial charge in [-0.25, -0.2) is 4.79 Å². The molecule has 1 aliphatic heterocycles. The number of likely N-dealkylation sites (tertiary alicyclic amines) is 1. The SMILES string of the molecule is CC1CC(C)(C)CC1NCC1CCCN(C(=O)OC(C)(C)C)C1. The number of rotatable bonds is 3. The average molecular weight is 325 g/mol. The number of carbonyl (C=O) groups excluding carboxylic acids is 1. The number of amides is 1. The molecule has 4 heteroatoms. The molecule has 1 aliphatic carbocycles. The first kappa shape index (κ1) is 18.6. The molecule has 1 saturated heterocycles. The Balaban J connectivity index is 1.79. The van der Waals surface area contributed by atoms with Crippen molar-refractivity contribution in [3.05, 3.63) is 0 Å². The van der Waals surface area contributed by atoms with Gasteiger partial charge in [0.15, 0.2) is 0 Å². The van der Waals surface area contributed by atoms with Crippen LogP contribution in [0.2, 0.25) is 0 Å². The third kappa shape index (κ3) is 5.66. The van der Waals surface area contributed by atoms with Crippen molar-refractivity contribution in [1.29, 1.82) is 0 Å². The van der Waals surface area contributed by atoms with Crippen LogP contribution in [0.25, 0.3) is 0 Å². The molecule has 0 radical (unpaired) electrons. The monoisotopic (exact) mass is 324 g/mol. The number of hydrogen-bond donors (Lipinski definition) is 1. The molecule has 2 aliphatic rings. The fourth-order valence-corrected chi connectivity index (χ4v) is 4.21. The zero-order chi connectivity index (χ0) is 17.3. The Morgan fingerprint density at radius 3 is 2.57 bits per heavy atom. The number of hydrogen-bond acceptors (Lipinski definition) is 3. The summed E-state index contributed by atoms with van der Waals surface area (Å²) in [6, 6.07) is 0.627. The van der Waals surface area contributed by atoms with E-state index in [1.807, 2.05) is 25.7 Å². The summed E-state index contributed by atoms with van der Waals surface area (Å²) in [7, 11) is 0. The van der Waals surface area contributed by atoms with Gasteiger partial charge in [-0.15, -0.1) is 0 Å². The van der Waals surface area contributed by atoms with E-state index in [-0.39, 0.29) is 6.09 Å². The number of ether oxygens (including phenoxy) is 1. The van der Waals surface area contributed by atoms with Gasteiger partial charge in [0.05, 0.1) is 0 Å². The highest BCUT2D eigenvalue weighted by molar-refractivity contribution is 5.68. The number of piperidine rings is 1. The van der Waals surface area contributed by atoms with Gasteiger partial charge in [0.1, 0.15) is 5.60 Å². The normalized spacial score (nSPS) is 31.2. The number of carbonyl (C=O) groups is 1. The van der Waals surface area contributed by atoms with Crippen LogP contribution in [0, 0.1) is 17.3 Å². The van der Waals surface area contributed by atoms with E-state index in [1.165, 1.54) is 19.3 Å². The Bertz CT molecular complexity index is 414. The van der Waals surface area contributed by atoms with Gasteiger partial charge in [-0.3, -0.25) is 0 Å². The van der Waals surface area contributed by atoms with E-state index >= 15 is 0 Å². The summed E-state index contributed by atoms with van der Waals surface area (Å²) in [5.74, 6) is 1.29. The van der Waals surface area contributed by atoms with Crippen LogP contribution in [0.1, 0.15) is 67.2 Å². The zero-order valence-corrected chi connectivity index (χ0v) is 15.9. The van der Waals surface area contributed by atoms with Crippen LogP contribution in [0.15, 0.2) is 0 Å². The largest absolute Gasteiger partial charge is 0.444 e. The van der Waals surface area contributed by atoms with Crippen molar-refractivity contribution in [3.63, 3.8) is 0 Å². The van der Waals surface area contributed by atoms with Gasteiger partial charge < -0.3 is 15.0 Å². The topological polar surface area (TPSA) is 41.6 Å². The molecular weight excluding hydrogens is 288 g/mol. The number of nitrogens with zero attached hydrogens (tertiary/aromatic N) is 1. The maximum Gasteiger partial charge on any atom is 0.410 e. The van der Waals surface area contributed by atoms with Crippen molar-refractivity contribution in [1.82, 2.24) is 10.2 Å². The summed E-state index contributed by atoms with van der Waals surface area (Å²) in [6.45, 7) is 15.6. The second-order valence-corrected chi connectivity index (χ2v) is 9.50. The van der Waals surface area contributed by atoms with Crippen molar-refractivity contribution in [3.8, 4) is 0 Å². The molecule has 1 heterocycles. The second-order valence-electron chi connectivity index (χ2n) is 9.50. The van der Waals surface area contributed by atoms with E-state index in [0.717, 1.165) is 32.0 Å². The Kier molecular flexibility index (Phi) is 5.65. The summed E-state index contributed by atoms with van der Waals surface area (Å²) in [5, 5.41) is 3.79. The van der Waals surface area contributed by atoms with Gasteiger partial charge in [-0.05, 0) is 70.3 Å². The minimum atomic E-state index is -0.410. The van der Waals surface area contributed by atoms with E-state index in [4.69, 9.17) is 4.74 Å². The molecule has 0 aromatic heterocycles. The predicted molar refractivity (Wildman–Crippen MR) is 94.5 cm³/mol. The highest BCUT2D eigenvalue weighted by Crippen LogP contribution is 2.40. The lowest BCUT2D eigenvalue weighted by atomic mass is 9.91. The Morgan fingerprint density at radius 2 is 2.00 bits per heavy atom. The molecule has 4 nitrogen and oxygen atoms in total. The van der Waals surface area contributed by atoms with E-state index in [1.54, 1.807) is 0 Å². The lowest BCUT2D eigenvalue weighted by Gasteiger charge is -2.35. The van der Waals surface area contributed by atoms with E-state index < -0.39 is 5.60 Å². The van der Waals surface area contributed by atoms with Crippen LogP contribution < -0.4 is 5.32 Å². The zero-order valence-electron chi connectivity index (χ0n) is 15.9. The third-order valence-corrected chi connectivity index (χ3v) is 5.17. The Hall–Kier alpha value is -0.770. The van der Waals surface area contributed by atoms with Gasteiger partial charge in [0.2, 0.25) is 0 Å². The Labute approximate surface area is 142 Å². The molecule has 134 valence electrons. The van der Waals surface area contributed by atoms with Crippen LogP contribution in [-0.2, 0) is 4.74 Å². The molecule has 0 aromatic rings. The van der Waals surface area contributed by atoms with E-state index in [0.29, 0.717) is 17.4 Å². The summed E-state index contributed by atoms with van der Waals surface area (Å²) in [4.78, 5) is 14.1. The summed E-state index contributed by atoms with van der Waals surface area (Å²) >= 11 is 0. The third-order valence-electron chi connectivity index (χ3n) is 5.17. The van der Waals surface area contributed by atoms with Gasteiger partial charge >= 0.3 is 6.09 Å². The van der Waals surface area contributed by atoms with Crippen LogP contribution in [-0.4, -0.2) is 42.3 Å². The van der Waals surface area contributed by atoms with Gasteiger partial charge in [-0.2, -0.15) is 0 Å². The molecule has 2 fully saturated rings. The van der Waals surface area contributed by atoms with Crippen LogP contribution in [0.4, 0.5) is 4.79 Å². The molecule has 23 heavy (non-hydrogen) atoms. The molecule has 0 bridgehead atoms. The van der Waals surface area contributed by atoms with Crippen molar-refractivity contribution in [2.45, 2.75) is 78.9 Å². The maximum atomic E-state index is 12.2. The standard InChI is InChI=1S/C19H36N2O2/c1-14-10-19(5,6)11-16(14)20-12-15-8-7-9-21(13-15)17(22)23-18(2,3)4/h14-16,20H,7-13H2,1-6H3. The minimum Gasteiger partial charge on any atom is -0.444 e. The predicted octanol–water partition coefficient (Wildman–Crippen LogP) is 4.05. The molecule has 3 unspecified atom stereocenters. The van der Waals surface area contributed by atoms with Crippen molar-refractivity contribution in [2.24, 2.45) is 17.3 Å².